The Balaban J connectivity index is 1.59. The summed E-state index contributed by atoms with van der Waals surface area (Å²) in [5, 5.41) is 8.45. The first kappa shape index (κ1) is 15.8. The standard InChI is InChI=1S/C17H23N3O3/c1-17(9-10-23-14(17)11-3-4-11)20-16(22)19-13-7-5-12(6-8-13)15(21)18-2/h5-8,11,14H,3-4,9-10H2,1-2H3,(H,18,21)(H2,19,20,22). The molecule has 6 nitrogen and oxygen atoms in total. The van der Waals surface area contributed by atoms with E-state index in [0.717, 1.165) is 6.42 Å². The first-order chi connectivity index (χ1) is 11.0. The highest BCUT2D eigenvalue weighted by molar-refractivity contribution is 5.95. The number of nitrogens with one attached hydrogen (secondary N) is 3. The Labute approximate surface area is 136 Å². The van der Waals surface area contributed by atoms with Gasteiger partial charge in [-0.2, -0.15) is 0 Å². The maximum absolute atomic E-state index is 12.3. The summed E-state index contributed by atoms with van der Waals surface area (Å²) in [7, 11) is 1.59. The summed E-state index contributed by atoms with van der Waals surface area (Å²) in [6.07, 6.45) is 3.32. The summed E-state index contributed by atoms with van der Waals surface area (Å²) < 4.78 is 5.81. The molecule has 1 saturated heterocycles. The van der Waals surface area contributed by atoms with E-state index in [1.165, 1.54) is 12.8 Å². The number of benzene rings is 1. The molecule has 0 radical (unpaired) electrons. The van der Waals surface area contributed by atoms with Gasteiger partial charge in [-0.3, -0.25) is 4.79 Å². The Bertz CT molecular complexity index is 598. The molecule has 3 N–H and O–H groups in total. The molecule has 23 heavy (non-hydrogen) atoms. The molecule has 1 aliphatic heterocycles. The Hall–Kier alpha value is -2.08. The lowest BCUT2D eigenvalue weighted by Gasteiger charge is -2.31. The fourth-order valence-electron chi connectivity index (χ4n) is 3.18. The van der Waals surface area contributed by atoms with Crippen molar-refractivity contribution in [3.63, 3.8) is 0 Å². The van der Waals surface area contributed by atoms with Crippen molar-refractivity contribution in [3.8, 4) is 0 Å². The molecule has 0 bridgehead atoms. The van der Waals surface area contributed by atoms with Crippen molar-refractivity contribution in [2.75, 3.05) is 19.0 Å². The van der Waals surface area contributed by atoms with Gasteiger partial charge < -0.3 is 20.7 Å². The number of hydrogen-bond donors (Lipinski definition) is 3. The van der Waals surface area contributed by atoms with Crippen LogP contribution in [-0.2, 0) is 4.74 Å². The van der Waals surface area contributed by atoms with Crippen LogP contribution in [0.15, 0.2) is 24.3 Å². The van der Waals surface area contributed by atoms with Crippen LogP contribution in [0.4, 0.5) is 10.5 Å². The van der Waals surface area contributed by atoms with E-state index in [0.29, 0.717) is 23.8 Å². The smallest absolute Gasteiger partial charge is 0.319 e. The number of rotatable bonds is 4. The third-order valence-corrected chi connectivity index (χ3v) is 4.63. The van der Waals surface area contributed by atoms with Crippen molar-refractivity contribution < 1.29 is 14.3 Å². The van der Waals surface area contributed by atoms with Crippen molar-refractivity contribution in [1.29, 1.82) is 0 Å². The zero-order valence-corrected chi connectivity index (χ0v) is 13.5. The lowest BCUT2D eigenvalue weighted by atomic mass is 9.90. The van der Waals surface area contributed by atoms with Crippen molar-refractivity contribution in [2.45, 2.75) is 37.8 Å². The van der Waals surface area contributed by atoms with Gasteiger partial charge in [0.15, 0.2) is 0 Å². The molecule has 6 heteroatoms. The molecule has 1 saturated carbocycles. The molecule has 0 aromatic heterocycles. The molecule has 2 fully saturated rings. The number of carbonyl (C=O) groups is 2. The molecule has 0 spiro atoms. The molecular formula is C17H23N3O3. The van der Waals surface area contributed by atoms with Crippen LogP contribution in [0.1, 0.15) is 36.5 Å². The lowest BCUT2D eigenvalue weighted by Crippen LogP contribution is -2.53. The molecule has 1 aromatic rings. The summed E-state index contributed by atoms with van der Waals surface area (Å²) in [4.78, 5) is 23.8. The molecule has 1 aliphatic carbocycles. The maximum Gasteiger partial charge on any atom is 0.319 e. The Morgan fingerprint density at radius 3 is 2.52 bits per heavy atom. The molecule has 2 atom stereocenters. The van der Waals surface area contributed by atoms with Crippen LogP contribution in [0.25, 0.3) is 0 Å². The number of hydrogen-bond acceptors (Lipinski definition) is 3. The Kier molecular flexibility index (Phi) is 4.26. The van der Waals surface area contributed by atoms with Crippen LogP contribution in [0.2, 0.25) is 0 Å². The predicted molar refractivity (Wildman–Crippen MR) is 87.5 cm³/mol. The van der Waals surface area contributed by atoms with Crippen LogP contribution in [-0.4, -0.2) is 37.2 Å². The minimum Gasteiger partial charge on any atom is -0.375 e. The second-order valence-corrected chi connectivity index (χ2v) is 6.53. The number of carbonyl (C=O) groups excluding carboxylic acids is 2. The number of ether oxygens (including phenoxy) is 1. The summed E-state index contributed by atoms with van der Waals surface area (Å²) in [6.45, 7) is 2.75. The SMILES string of the molecule is CNC(=O)c1ccc(NC(=O)NC2(C)CCOC2C2CC2)cc1. The van der Waals surface area contributed by atoms with E-state index in [1.807, 2.05) is 0 Å². The van der Waals surface area contributed by atoms with E-state index in [2.05, 4.69) is 22.9 Å². The van der Waals surface area contributed by atoms with Gasteiger partial charge in [0.05, 0.1) is 11.6 Å². The van der Waals surface area contributed by atoms with Crippen molar-refractivity contribution in [3.05, 3.63) is 29.8 Å². The first-order valence-corrected chi connectivity index (χ1v) is 8.05. The zero-order chi connectivity index (χ0) is 16.4. The quantitative estimate of drug-likeness (QED) is 0.796. The summed E-state index contributed by atoms with van der Waals surface area (Å²) in [6, 6.07) is 6.56. The van der Waals surface area contributed by atoms with E-state index in [4.69, 9.17) is 4.74 Å². The molecule has 3 rings (SSSR count). The van der Waals surface area contributed by atoms with Gasteiger partial charge in [0, 0.05) is 24.9 Å². The second-order valence-electron chi connectivity index (χ2n) is 6.53. The molecule has 2 unspecified atom stereocenters. The lowest BCUT2D eigenvalue weighted by molar-refractivity contribution is 0.0597. The van der Waals surface area contributed by atoms with Crippen LogP contribution >= 0.6 is 0 Å². The van der Waals surface area contributed by atoms with Gasteiger partial charge in [0.1, 0.15) is 0 Å². The van der Waals surface area contributed by atoms with Crippen molar-refractivity contribution >= 4 is 17.6 Å². The van der Waals surface area contributed by atoms with Gasteiger partial charge in [-0.1, -0.05) is 0 Å². The van der Waals surface area contributed by atoms with E-state index >= 15 is 0 Å². The monoisotopic (exact) mass is 317 g/mol. The van der Waals surface area contributed by atoms with Crippen LogP contribution < -0.4 is 16.0 Å². The van der Waals surface area contributed by atoms with E-state index < -0.39 is 0 Å². The van der Waals surface area contributed by atoms with Crippen molar-refractivity contribution in [2.24, 2.45) is 5.92 Å². The molecule has 2 aliphatic rings. The van der Waals surface area contributed by atoms with E-state index in [1.54, 1.807) is 31.3 Å². The fraction of sp³-hybridized carbons (Fsp3) is 0.529. The second kappa shape index (κ2) is 6.20. The van der Waals surface area contributed by atoms with E-state index in [-0.39, 0.29) is 23.6 Å². The minimum atomic E-state index is -0.312. The highest BCUT2D eigenvalue weighted by Gasteiger charge is 2.49. The average Bonchev–Trinajstić information content (AvgIpc) is 3.30. The number of anilines is 1. The van der Waals surface area contributed by atoms with Crippen LogP contribution in [0, 0.1) is 5.92 Å². The molecule has 1 heterocycles. The van der Waals surface area contributed by atoms with Crippen molar-refractivity contribution in [1.82, 2.24) is 10.6 Å². The zero-order valence-electron chi connectivity index (χ0n) is 13.5. The van der Waals surface area contributed by atoms with Gasteiger partial charge in [-0.05, 0) is 56.4 Å². The first-order valence-electron chi connectivity index (χ1n) is 8.05. The van der Waals surface area contributed by atoms with E-state index in [9.17, 15) is 9.59 Å². The number of amides is 3. The Morgan fingerprint density at radius 1 is 1.22 bits per heavy atom. The number of urea groups is 1. The molecular weight excluding hydrogens is 294 g/mol. The third kappa shape index (κ3) is 3.47. The highest BCUT2D eigenvalue weighted by atomic mass is 16.5. The van der Waals surface area contributed by atoms with Gasteiger partial charge in [-0.15, -0.1) is 0 Å². The van der Waals surface area contributed by atoms with Gasteiger partial charge in [0.2, 0.25) is 0 Å². The van der Waals surface area contributed by atoms with Crippen LogP contribution in [0.3, 0.4) is 0 Å². The van der Waals surface area contributed by atoms with Gasteiger partial charge in [-0.25, -0.2) is 4.79 Å². The molecule has 1 aromatic carbocycles. The largest absolute Gasteiger partial charge is 0.375 e. The fourth-order valence-corrected chi connectivity index (χ4v) is 3.18. The summed E-state index contributed by atoms with van der Waals surface area (Å²) >= 11 is 0. The highest BCUT2D eigenvalue weighted by Crippen LogP contribution is 2.43. The summed E-state index contributed by atoms with van der Waals surface area (Å²) in [5.74, 6) is 0.429. The Morgan fingerprint density at radius 2 is 1.91 bits per heavy atom. The van der Waals surface area contributed by atoms with Crippen LogP contribution in [0.5, 0.6) is 0 Å². The average molecular weight is 317 g/mol. The summed E-state index contributed by atoms with van der Waals surface area (Å²) in [5.41, 5.74) is 0.900. The van der Waals surface area contributed by atoms with Gasteiger partial charge >= 0.3 is 6.03 Å². The molecule has 3 amide bonds. The predicted octanol–water partition coefficient (Wildman–Crippen LogP) is 2.13. The van der Waals surface area contributed by atoms with Gasteiger partial charge in [0.25, 0.3) is 5.91 Å². The third-order valence-electron chi connectivity index (χ3n) is 4.63. The minimum absolute atomic E-state index is 0.115. The normalized spacial score (nSPS) is 26.6. The maximum atomic E-state index is 12.3. The molecule has 124 valence electrons. The topological polar surface area (TPSA) is 79.5 Å².